The zero-order valence-corrected chi connectivity index (χ0v) is 11.9. The van der Waals surface area contributed by atoms with E-state index in [2.05, 4.69) is 4.98 Å². The fraction of sp³-hybridized carbons (Fsp3) is 0.375. The number of aromatic amines is 1. The van der Waals surface area contributed by atoms with Crippen LogP contribution in [0.2, 0.25) is 0 Å². The van der Waals surface area contributed by atoms with Gasteiger partial charge in [0.25, 0.3) is 5.91 Å². The topological polar surface area (TPSA) is 73.4 Å². The Labute approximate surface area is 122 Å². The van der Waals surface area contributed by atoms with Crippen LogP contribution in [0.5, 0.6) is 0 Å². The van der Waals surface area contributed by atoms with E-state index in [0.29, 0.717) is 31.5 Å². The van der Waals surface area contributed by atoms with Crippen LogP contribution in [0, 0.1) is 5.41 Å². The lowest BCUT2D eigenvalue weighted by Gasteiger charge is -2.36. The molecule has 21 heavy (non-hydrogen) atoms. The van der Waals surface area contributed by atoms with Gasteiger partial charge < -0.3 is 15.0 Å². The van der Waals surface area contributed by atoms with Crippen LogP contribution in [0.4, 0.5) is 0 Å². The molecule has 1 aromatic carbocycles. The Hall–Kier alpha value is -2.30. The van der Waals surface area contributed by atoms with Crippen LogP contribution < -0.4 is 0 Å². The molecule has 3 rings (SSSR count). The summed E-state index contributed by atoms with van der Waals surface area (Å²) in [6.07, 6.45) is 2.84. The summed E-state index contributed by atoms with van der Waals surface area (Å²) in [6.45, 7) is 2.73. The largest absolute Gasteiger partial charge is 0.481 e. The van der Waals surface area contributed by atoms with Crippen LogP contribution in [0.3, 0.4) is 0 Å². The number of nitrogens with one attached hydrogen (secondary N) is 1. The Morgan fingerprint density at radius 2 is 1.95 bits per heavy atom. The van der Waals surface area contributed by atoms with Gasteiger partial charge in [-0.3, -0.25) is 9.59 Å². The van der Waals surface area contributed by atoms with Gasteiger partial charge in [-0.05, 0) is 43.4 Å². The highest BCUT2D eigenvalue weighted by Gasteiger charge is 2.38. The minimum absolute atomic E-state index is 0.0288. The predicted octanol–water partition coefficient (Wildman–Crippen LogP) is 2.49. The van der Waals surface area contributed by atoms with E-state index in [1.165, 1.54) is 0 Å². The van der Waals surface area contributed by atoms with E-state index < -0.39 is 11.4 Å². The van der Waals surface area contributed by atoms with E-state index in [1.807, 2.05) is 30.5 Å². The number of benzene rings is 1. The fourth-order valence-electron chi connectivity index (χ4n) is 2.78. The second-order valence-corrected chi connectivity index (χ2v) is 5.94. The first-order valence-electron chi connectivity index (χ1n) is 7.09. The second kappa shape index (κ2) is 4.91. The molecule has 1 aliphatic heterocycles. The van der Waals surface area contributed by atoms with E-state index in [0.717, 1.165) is 10.9 Å². The van der Waals surface area contributed by atoms with Gasteiger partial charge in [-0.15, -0.1) is 0 Å². The molecular weight excluding hydrogens is 268 g/mol. The number of carboxylic acids is 1. The number of carbonyl (C=O) groups is 2. The lowest BCUT2D eigenvalue weighted by Crippen LogP contribution is -2.45. The summed E-state index contributed by atoms with van der Waals surface area (Å²) in [5.41, 5.74) is 0.873. The number of hydrogen-bond acceptors (Lipinski definition) is 2. The van der Waals surface area contributed by atoms with Crippen molar-refractivity contribution < 1.29 is 14.7 Å². The van der Waals surface area contributed by atoms with Crippen molar-refractivity contribution in [2.75, 3.05) is 13.1 Å². The third-order valence-electron chi connectivity index (χ3n) is 4.47. The molecule has 5 nitrogen and oxygen atoms in total. The first-order chi connectivity index (χ1) is 9.99. The number of aromatic nitrogens is 1. The molecule has 2 heterocycles. The van der Waals surface area contributed by atoms with Crippen LogP contribution >= 0.6 is 0 Å². The van der Waals surface area contributed by atoms with Crippen molar-refractivity contribution in [1.29, 1.82) is 0 Å². The van der Waals surface area contributed by atoms with Crippen molar-refractivity contribution in [3.8, 4) is 0 Å². The molecule has 1 fully saturated rings. The van der Waals surface area contributed by atoms with Gasteiger partial charge in [0.2, 0.25) is 0 Å². The quantitative estimate of drug-likeness (QED) is 0.890. The summed E-state index contributed by atoms with van der Waals surface area (Å²) < 4.78 is 0. The maximum atomic E-state index is 12.5. The zero-order valence-electron chi connectivity index (χ0n) is 11.9. The number of H-pyrrole nitrogens is 1. The van der Waals surface area contributed by atoms with Crippen LogP contribution in [-0.4, -0.2) is 40.0 Å². The first-order valence-corrected chi connectivity index (χ1v) is 7.09. The number of carboxylic acid groups (broad SMARTS) is 1. The van der Waals surface area contributed by atoms with Gasteiger partial charge in [-0.2, -0.15) is 0 Å². The molecular formula is C16H18N2O3. The van der Waals surface area contributed by atoms with Crippen molar-refractivity contribution >= 4 is 22.8 Å². The summed E-state index contributed by atoms with van der Waals surface area (Å²) in [5, 5.41) is 10.3. The number of hydrogen-bond donors (Lipinski definition) is 2. The van der Waals surface area contributed by atoms with Crippen molar-refractivity contribution in [1.82, 2.24) is 9.88 Å². The summed E-state index contributed by atoms with van der Waals surface area (Å²) >= 11 is 0. The molecule has 1 aromatic heterocycles. The van der Waals surface area contributed by atoms with Crippen LogP contribution in [0.25, 0.3) is 10.9 Å². The van der Waals surface area contributed by atoms with Gasteiger partial charge in [0.1, 0.15) is 0 Å². The van der Waals surface area contributed by atoms with Gasteiger partial charge in [-0.1, -0.05) is 6.07 Å². The highest BCUT2D eigenvalue weighted by Crippen LogP contribution is 2.31. The molecule has 0 unspecified atom stereocenters. The number of rotatable bonds is 2. The predicted molar refractivity (Wildman–Crippen MR) is 79.2 cm³/mol. The molecule has 0 spiro atoms. The Balaban J connectivity index is 1.76. The number of nitrogens with zero attached hydrogens (tertiary/aromatic N) is 1. The van der Waals surface area contributed by atoms with Crippen LogP contribution in [-0.2, 0) is 4.79 Å². The maximum Gasteiger partial charge on any atom is 0.309 e. The SMILES string of the molecule is CC1(C(=O)O)CCN(C(=O)c2ccc3cc[nH]c3c2)CC1. The summed E-state index contributed by atoms with van der Waals surface area (Å²) in [5.74, 6) is -0.804. The van der Waals surface area contributed by atoms with Crippen molar-refractivity contribution in [2.45, 2.75) is 19.8 Å². The van der Waals surface area contributed by atoms with E-state index in [9.17, 15) is 14.7 Å². The second-order valence-electron chi connectivity index (χ2n) is 5.94. The standard InChI is InChI=1S/C16H18N2O3/c1-16(15(20)21)5-8-18(9-6-16)14(19)12-3-2-11-4-7-17-13(11)10-12/h2-4,7,10,17H,5-6,8-9H2,1H3,(H,20,21). The van der Waals surface area contributed by atoms with Gasteiger partial charge in [0.05, 0.1) is 5.41 Å². The minimum atomic E-state index is -0.776. The zero-order chi connectivity index (χ0) is 15.0. The highest BCUT2D eigenvalue weighted by molar-refractivity contribution is 5.98. The number of likely N-dealkylation sites (tertiary alicyclic amines) is 1. The Morgan fingerprint density at radius 3 is 2.62 bits per heavy atom. The first kappa shape index (κ1) is 13.7. The van der Waals surface area contributed by atoms with Crippen LogP contribution in [0.1, 0.15) is 30.1 Å². The van der Waals surface area contributed by atoms with Gasteiger partial charge in [-0.25, -0.2) is 0 Å². The number of aliphatic carboxylic acids is 1. The van der Waals surface area contributed by atoms with E-state index in [1.54, 1.807) is 11.8 Å². The Morgan fingerprint density at radius 1 is 1.24 bits per heavy atom. The maximum absolute atomic E-state index is 12.5. The number of amides is 1. The molecule has 0 atom stereocenters. The fourth-order valence-corrected chi connectivity index (χ4v) is 2.78. The van der Waals surface area contributed by atoms with Crippen molar-refractivity contribution in [3.63, 3.8) is 0 Å². The summed E-state index contributed by atoms with van der Waals surface area (Å²) in [6, 6.07) is 7.55. The van der Waals surface area contributed by atoms with E-state index in [-0.39, 0.29) is 5.91 Å². The molecule has 5 heteroatoms. The molecule has 0 radical (unpaired) electrons. The van der Waals surface area contributed by atoms with E-state index >= 15 is 0 Å². The van der Waals surface area contributed by atoms with Gasteiger partial charge >= 0.3 is 5.97 Å². The van der Waals surface area contributed by atoms with Gasteiger partial charge in [0, 0.05) is 30.4 Å². The van der Waals surface area contributed by atoms with Crippen molar-refractivity contribution in [2.24, 2.45) is 5.41 Å². The average Bonchev–Trinajstić information content (AvgIpc) is 2.94. The number of carbonyl (C=O) groups excluding carboxylic acids is 1. The lowest BCUT2D eigenvalue weighted by atomic mass is 9.80. The molecule has 0 saturated carbocycles. The Bertz CT molecular complexity index is 696. The van der Waals surface area contributed by atoms with Crippen LogP contribution in [0.15, 0.2) is 30.5 Å². The third-order valence-corrected chi connectivity index (χ3v) is 4.47. The lowest BCUT2D eigenvalue weighted by molar-refractivity contribution is -0.150. The normalized spacial score (nSPS) is 17.9. The monoisotopic (exact) mass is 286 g/mol. The van der Waals surface area contributed by atoms with Crippen molar-refractivity contribution in [3.05, 3.63) is 36.0 Å². The molecule has 1 saturated heterocycles. The molecule has 2 N–H and O–H groups in total. The number of fused-ring (bicyclic) bond motifs is 1. The molecule has 1 aliphatic rings. The Kier molecular flexibility index (Phi) is 3.20. The molecule has 2 aromatic rings. The van der Waals surface area contributed by atoms with Gasteiger partial charge in [0.15, 0.2) is 0 Å². The molecule has 0 aliphatic carbocycles. The smallest absolute Gasteiger partial charge is 0.309 e. The molecule has 0 bridgehead atoms. The molecule has 1 amide bonds. The van der Waals surface area contributed by atoms with E-state index in [4.69, 9.17) is 0 Å². The number of piperidine rings is 1. The summed E-state index contributed by atoms with van der Waals surface area (Å²) in [4.78, 5) is 28.6. The summed E-state index contributed by atoms with van der Waals surface area (Å²) in [7, 11) is 0. The minimum Gasteiger partial charge on any atom is -0.481 e. The molecule has 110 valence electrons. The highest BCUT2D eigenvalue weighted by atomic mass is 16.4. The third kappa shape index (κ3) is 2.39. The average molecular weight is 286 g/mol.